The second-order valence-electron chi connectivity index (χ2n) is 8.27. The number of aryl methyl sites for hydroxylation is 2. The summed E-state index contributed by atoms with van der Waals surface area (Å²) < 4.78 is 1.86. The number of nitrogens with one attached hydrogen (secondary N) is 1. The molecule has 0 radical (unpaired) electrons. The molecule has 4 bridgehead atoms. The fraction of sp³-hybridized carbons (Fsp3) is 0.778. The van der Waals surface area contributed by atoms with Crippen LogP contribution in [0.4, 0.5) is 0 Å². The van der Waals surface area contributed by atoms with Crippen molar-refractivity contribution in [3.63, 3.8) is 0 Å². The van der Waals surface area contributed by atoms with E-state index in [1.165, 1.54) is 38.5 Å². The van der Waals surface area contributed by atoms with Crippen LogP contribution in [0.5, 0.6) is 0 Å². The smallest absolute Gasteiger partial charge is 0.220 e. The van der Waals surface area contributed by atoms with E-state index >= 15 is 0 Å². The SMILES string of the molecule is Cc1cc(CNC(=O)CC23CC4CC(CC(C4)C2)C3)nn1C. The van der Waals surface area contributed by atoms with E-state index in [-0.39, 0.29) is 5.91 Å². The van der Waals surface area contributed by atoms with E-state index in [1.807, 2.05) is 24.7 Å². The minimum Gasteiger partial charge on any atom is -0.350 e. The van der Waals surface area contributed by atoms with Gasteiger partial charge in [-0.15, -0.1) is 0 Å². The van der Waals surface area contributed by atoms with Crippen molar-refractivity contribution in [3.8, 4) is 0 Å². The maximum absolute atomic E-state index is 12.4. The van der Waals surface area contributed by atoms with Crippen LogP contribution in [0.1, 0.15) is 56.3 Å². The molecule has 0 aliphatic heterocycles. The third-order valence-corrected chi connectivity index (χ3v) is 6.33. The molecule has 5 rings (SSSR count). The van der Waals surface area contributed by atoms with E-state index < -0.39 is 0 Å². The average Bonchev–Trinajstić information content (AvgIpc) is 2.73. The van der Waals surface area contributed by atoms with Gasteiger partial charge in [0.2, 0.25) is 5.91 Å². The van der Waals surface area contributed by atoms with Crippen LogP contribution < -0.4 is 5.32 Å². The molecular formula is C18H27N3O. The van der Waals surface area contributed by atoms with Gasteiger partial charge in [0.05, 0.1) is 12.2 Å². The Kier molecular flexibility index (Phi) is 3.31. The van der Waals surface area contributed by atoms with Gasteiger partial charge in [-0.2, -0.15) is 5.10 Å². The zero-order valence-electron chi connectivity index (χ0n) is 13.8. The van der Waals surface area contributed by atoms with E-state index in [2.05, 4.69) is 10.4 Å². The van der Waals surface area contributed by atoms with Crippen LogP contribution >= 0.6 is 0 Å². The summed E-state index contributed by atoms with van der Waals surface area (Å²) in [6.45, 7) is 2.60. The standard InChI is InChI=1S/C18H27N3O/c1-12-3-16(20-21(12)2)11-19-17(22)10-18-7-13-4-14(8-18)6-15(5-13)9-18/h3,13-15H,4-11H2,1-2H3,(H,19,22). The molecule has 1 heterocycles. The second-order valence-corrected chi connectivity index (χ2v) is 8.27. The van der Waals surface area contributed by atoms with Crippen molar-refractivity contribution in [3.05, 3.63) is 17.5 Å². The van der Waals surface area contributed by atoms with Gasteiger partial charge in [-0.3, -0.25) is 9.48 Å². The molecule has 1 aromatic heterocycles. The Hall–Kier alpha value is -1.32. The molecule has 1 amide bonds. The van der Waals surface area contributed by atoms with Gasteiger partial charge in [-0.1, -0.05) is 0 Å². The molecule has 4 aliphatic rings. The van der Waals surface area contributed by atoms with Crippen molar-refractivity contribution in [2.45, 2.75) is 58.4 Å². The minimum atomic E-state index is 0.227. The fourth-order valence-corrected chi connectivity index (χ4v) is 5.82. The van der Waals surface area contributed by atoms with E-state index in [4.69, 9.17) is 0 Å². The summed E-state index contributed by atoms with van der Waals surface area (Å²) in [5.74, 6) is 2.97. The number of carbonyl (C=O) groups excluding carboxylic acids is 1. The number of aromatic nitrogens is 2. The van der Waals surface area contributed by atoms with Gasteiger partial charge in [0, 0.05) is 19.2 Å². The average molecular weight is 301 g/mol. The molecule has 4 aliphatic carbocycles. The number of carbonyl (C=O) groups is 1. The first-order valence-electron chi connectivity index (χ1n) is 8.78. The van der Waals surface area contributed by atoms with Gasteiger partial charge in [-0.25, -0.2) is 0 Å². The van der Waals surface area contributed by atoms with Gasteiger partial charge in [-0.05, 0) is 74.7 Å². The number of nitrogens with zero attached hydrogens (tertiary/aromatic N) is 2. The predicted octanol–water partition coefficient (Wildman–Crippen LogP) is 2.95. The van der Waals surface area contributed by atoms with Crippen molar-refractivity contribution in [1.29, 1.82) is 0 Å². The summed E-state index contributed by atoms with van der Waals surface area (Å²) in [6, 6.07) is 2.05. The highest BCUT2D eigenvalue weighted by Gasteiger charge is 2.51. The zero-order valence-corrected chi connectivity index (χ0v) is 13.8. The van der Waals surface area contributed by atoms with Crippen LogP contribution in [0, 0.1) is 30.1 Å². The molecule has 4 fully saturated rings. The summed E-state index contributed by atoms with van der Waals surface area (Å²) >= 11 is 0. The lowest BCUT2D eigenvalue weighted by molar-refractivity contribution is -0.129. The predicted molar refractivity (Wildman–Crippen MR) is 85.0 cm³/mol. The fourth-order valence-electron chi connectivity index (χ4n) is 5.82. The van der Waals surface area contributed by atoms with Crippen LogP contribution in [-0.2, 0) is 18.4 Å². The van der Waals surface area contributed by atoms with Crippen molar-refractivity contribution >= 4 is 5.91 Å². The molecule has 1 aromatic rings. The zero-order chi connectivity index (χ0) is 15.3. The summed E-state index contributed by atoms with van der Waals surface area (Å²) in [7, 11) is 1.94. The number of hydrogen-bond donors (Lipinski definition) is 1. The monoisotopic (exact) mass is 301 g/mol. The molecule has 4 saturated carbocycles. The molecule has 4 heteroatoms. The van der Waals surface area contributed by atoms with Gasteiger partial charge < -0.3 is 5.32 Å². The largest absolute Gasteiger partial charge is 0.350 e. The summed E-state index contributed by atoms with van der Waals surface area (Å²) in [5.41, 5.74) is 2.42. The van der Waals surface area contributed by atoms with E-state index in [0.717, 1.165) is 35.6 Å². The second kappa shape index (κ2) is 5.10. The lowest BCUT2D eigenvalue weighted by atomic mass is 9.49. The lowest BCUT2D eigenvalue weighted by Gasteiger charge is -2.56. The highest BCUT2D eigenvalue weighted by molar-refractivity contribution is 5.76. The van der Waals surface area contributed by atoms with Crippen LogP contribution in [0.2, 0.25) is 0 Å². The Bertz CT molecular complexity index is 534. The molecule has 0 aromatic carbocycles. The van der Waals surface area contributed by atoms with E-state index in [0.29, 0.717) is 12.0 Å². The number of amides is 1. The molecule has 0 atom stereocenters. The third kappa shape index (κ3) is 2.57. The topological polar surface area (TPSA) is 46.9 Å². The summed E-state index contributed by atoms with van der Waals surface area (Å²) in [5, 5.41) is 7.51. The highest BCUT2D eigenvalue weighted by atomic mass is 16.1. The normalized spacial score (nSPS) is 35.8. The number of rotatable bonds is 4. The first-order valence-corrected chi connectivity index (χ1v) is 8.78. The van der Waals surface area contributed by atoms with Gasteiger partial charge >= 0.3 is 0 Å². The molecule has 4 nitrogen and oxygen atoms in total. The van der Waals surface area contributed by atoms with Gasteiger partial charge in [0.15, 0.2) is 0 Å². The Morgan fingerprint density at radius 2 is 1.86 bits per heavy atom. The summed E-state index contributed by atoms with van der Waals surface area (Å²) in [6.07, 6.45) is 8.96. The Morgan fingerprint density at radius 1 is 1.27 bits per heavy atom. The molecule has 1 N–H and O–H groups in total. The number of hydrogen-bond acceptors (Lipinski definition) is 2. The summed E-state index contributed by atoms with van der Waals surface area (Å²) in [4.78, 5) is 12.4. The Morgan fingerprint density at radius 3 is 2.36 bits per heavy atom. The van der Waals surface area contributed by atoms with Crippen molar-refractivity contribution in [2.24, 2.45) is 30.2 Å². The van der Waals surface area contributed by atoms with Crippen LogP contribution in [0.25, 0.3) is 0 Å². The van der Waals surface area contributed by atoms with Gasteiger partial charge in [0.1, 0.15) is 0 Å². The minimum absolute atomic E-state index is 0.227. The molecular weight excluding hydrogens is 274 g/mol. The third-order valence-electron chi connectivity index (χ3n) is 6.33. The molecule has 120 valence electrons. The first kappa shape index (κ1) is 14.3. The molecule has 22 heavy (non-hydrogen) atoms. The quantitative estimate of drug-likeness (QED) is 0.929. The first-order chi connectivity index (χ1) is 10.5. The van der Waals surface area contributed by atoms with Crippen molar-refractivity contribution in [1.82, 2.24) is 15.1 Å². The molecule has 0 unspecified atom stereocenters. The Labute approximate surface area is 132 Å². The maximum Gasteiger partial charge on any atom is 0.220 e. The van der Waals surface area contributed by atoms with Crippen LogP contribution in [0.3, 0.4) is 0 Å². The lowest BCUT2D eigenvalue weighted by Crippen LogP contribution is -2.47. The van der Waals surface area contributed by atoms with Crippen molar-refractivity contribution < 1.29 is 4.79 Å². The van der Waals surface area contributed by atoms with Crippen LogP contribution in [0.15, 0.2) is 6.07 Å². The molecule has 0 spiro atoms. The van der Waals surface area contributed by atoms with Gasteiger partial charge in [0.25, 0.3) is 0 Å². The highest BCUT2D eigenvalue weighted by Crippen LogP contribution is 2.61. The van der Waals surface area contributed by atoms with E-state index in [9.17, 15) is 4.79 Å². The maximum atomic E-state index is 12.4. The molecule has 0 saturated heterocycles. The van der Waals surface area contributed by atoms with Crippen molar-refractivity contribution in [2.75, 3.05) is 0 Å². The van der Waals surface area contributed by atoms with E-state index in [1.54, 1.807) is 0 Å². The Balaban J connectivity index is 1.36. The van der Waals surface area contributed by atoms with Crippen LogP contribution in [-0.4, -0.2) is 15.7 Å².